The number of nitrogens with two attached hydrogens (primary N) is 1. The van der Waals surface area contributed by atoms with Gasteiger partial charge < -0.3 is 20.1 Å². The van der Waals surface area contributed by atoms with Crippen LogP contribution in [0, 0.1) is 0 Å². The molecule has 166 valence electrons. The van der Waals surface area contributed by atoms with Gasteiger partial charge in [-0.25, -0.2) is 4.98 Å². The molecule has 9 heteroatoms. The van der Waals surface area contributed by atoms with Gasteiger partial charge in [-0.15, -0.1) is 0 Å². The Morgan fingerprint density at radius 1 is 1.26 bits per heavy atom. The summed E-state index contributed by atoms with van der Waals surface area (Å²) < 4.78 is 11.0. The second-order valence-electron chi connectivity index (χ2n) is 7.64. The second kappa shape index (κ2) is 9.82. The third-order valence-corrected chi connectivity index (χ3v) is 5.29. The summed E-state index contributed by atoms with van der Waals surface area (Å²) in [5.41, 5.74) is 7.34. The van der Waals surface area contributed by atoms with Crippen molar-refractivity contribution in [3.8, 4) is 0 Å². The van der Waals surface area contributed by atoms with Crippen LogP contribution in [0.15, 0.2) is 17.1 Å². The van der Waals surface area contributed by atoms with E-state index in [2.05, 4.69) is 15.0 Å². The standard InChI is InChI=1S/C22H29N5O4/c1-13(28)15-11-17-18(12-16(15)14(2)29)25-22(26-20(17)23)27(3)9-6-8-24-21(30-4)19-7-5-10-31-19/h11-12,19H,5-10H2,1-4H3,(H2,23,25,26)/b24-21-. The summed E-state index contributed by atoms with van der Waals surface area (Å²) in [5, 5.41) is 0.554. The highest BCUT2D eigenvalue weighted by atomic mass is 16.5. The molecule has 1 aliphatic heterocycles. The molecule has 1 aromatic carbocycles. The molecule has 2 aromatic rings. The molecular weight excluding hydrogens is 398 g/mol. The van der Waals surface area contributed by atoms with Gasteiger partial charge in [0.1, 0.15) is 11.9 Å². The molecule has 9 nitrogen and oxygen atoms in total. The fourth-order valence-corrected chi connectivity index (χ4v) is 3.61. The highest BCUT2D eigenvalue weighted by molar-refractivity contribution is 6.11. The molecular formula is C22H29N5O4. The van der Waals surface area contributed by atoms with Gasteiger partial charge >= 0.3 is 0 Å². The van der Waals surface area contributed by atoms with Crippen molar-refractivity contribution >= 4 is 40.1 Å². The Balaban J connectivity index is 1.75. The molecule has 3 rings (SSSR count). The number of aromatic nitrogens is 2. The maximum Gasteiger partial charge on any atom is 0.227 e. The van der Waals surface area contributed by atoms with Gasteiger partial charge in [-0.1, -0.05) is 0 Å². The Labute approximate surface area is 181 Å². The molecule has 0 amide bonds. The average Bonchev–Trinajstić information content (AvgIpc) is 3.27. The maximum atomic E-state index is 12.0. The molecule has 1 aliphatic rings. The highest BCUT2D eigenvalue weighted by Crippen LogP contribution is 2.26. The van der Waals surface area contributed by atoms with Crippen LogP contribution >= 0.6 is 0 Å². The monoisotopic (exact) mass is 427 g/mol. The van der Waals surface area contributed by atoms with E-state index in [1.807, 2.05) is 11.9 Å². The third-order valence-electron chi connectivity index (χ3n) is 5.29. The number of anilines is 2. The third kappa shape index (κ3) is 5.16. The van der Waals surface area contributed by atoms with Gasteiger partial charge in [0.2, 0.25) is 11.8 Å². The van der Waals surface area contributed by atoms with Crippen LogP contribution < -0.4 is 10.6 Å². The largest absolute Gasteiger partial charge is 0.482 e. The Hall–Kier alpha value is -3.07. The van der Waals surface area contributed by atoms with Crippen molar-refractivity contribution in [1.82, 2.24) is 9.97 Å². The van der Waals surface area contributed by atoms with E-state index in [9.17, 15) is 9.59 Å². The van der Waals surface area contributed by atoms with Crippen molar-refractivity contribution in [2.75, 3.05) is 44.5 Å². The molecule has 1 atom stereocenters. The number of hydrogen-bond donors (Lipinski definition) is 1. The lowest BCUT2D eigenvalue weighted by Gasteiger charge is -2.18. The van der Waals surface area contributed by atoms with Gasteiger partial charge in [-0.05, 0) is 45.2 Å². The predicted octanol–water partition coefficient (Wildman–Crippen LogP) is 2.67. The lowest BCUT2D eigenvalue weighted by molar-refractivity contribution is 0.0981. The van der Waals surface area contributed by atoms with Crippen molar-refractivity contribution in [2.45, 2.75) is 39.2 Å². The normalized spacial score (nSPS) is 16.5. The molecule has 1 aromatic heterocycles. The van der Waals surface area contributed by atoms with Crippen LogP contribution in [0.5, 0.6) is 0 Å². The molecule has 0 saturated carbocycles. The summed E-state index contributed by atoms with van der Waals surface area (Å²) in [6.45, 7) is 4.84. The van der Waals surface area contributed by atoms with Crippen molar-refractivity contribution in [3.63, 3.8) is 0 Å². The minimum Gasteiger partial charge on any atom is -0.482 e. The van der Waals surface area contributed by atoms with E-state index in [1.54, 1.807) is 19.2 Å². The second-order valence-corrected chi connectivity index (χ2v) is 7.64. The smallest absolute Gasteiger partial charge is 0.227 e. The number of methoxy groups -OCH3 is 1. The van der Waals surface area contributed by atoms with E-state index in [-0.39, 0.29) is 23.5 Å². The Morgan fingerprint density at radius 3 is 2.58 bits per heavy atom. The summed E-state index contributed by atoms with van der Waals surface area (Å²) in [6, 6.07) is 3.21. The van der Waals surface area contributed by atoms with E-state index in [4.69, 9.17) is 15.2 Å². The van der Waals surface area contributed by atoms with Crippen LogP contribution in [-0.2, 0) is 9.47 Å². The molecule has 31 heavy (non-hydrogen) atoms. The van der Waals surface area contributed by atoms with Crippen LogP contribution in [0.1, 0.15) is 53.8 Å². The van der Waals surface area contributed by atoms with E-state index in [0.717, 1.165) is 25.9 Å². The molecule has 2 N–H and O–H groups in total. The first kappa shape index (κ1) is 22.6. The zero-order valence-corrected chi connectivity index (χ0v) is 18.5. The van der Waals surface area contributed by atoms with Crippen LogP contribution in [0.4, 0.5) is 11.8 Å². The number of Topliss-reactive ketones (excluding diaryl/α,β-unsaturated/α-hetero) is 2. The topological polar surface area (TPSA) is 120 Å². The zero-order valence-electron chi connectivity index (χ0n) is 18.5. The SMILES string of the molecule is CO/C(=N\CCCN(C)c1nc(N)c2cc(C(C)=O)c(C(C)=O)cc2n1)C1CCCO1. The quantitative estimate of drug-likeness (QED) is 0.295. The average molecular weight is 428 g/mol. The van der Waals surface area contributed by atoms with Crippen molar-refractivity contribution in [1.29, 1.82) is 0 Å². The first-order valence-electron chi connectivity index (χ1n) is 10.4. The number of ketones is 2. The minimum atomic E-state index is -0.202. The lowest BCUT2D eigenvalue weighted by atomic mass is 9.99. The van der Waals surface area contributed by atoms with Gasteiger partial charge in [-0.3, -0.25) is 14.6 Å². The highest BCUT2D eigenvalue weighted by Gasteiger charge is 2.22. The molecule has 2 heterocycles. The number of ether oxygens (including phenoxy) is 2. The van der Waals surface area contributed by atoms with Gasteiger partial charge in [0.25, 0.3) is 0 Å². The van der Waals surface area contributed by atoms with Crippen molar-refractivity contribution in [2.24, 2.45) is 4.99 Å². The van der Waals surface area contributed by atoms with Gasteiger partial charge in [0, 0.05) is 43.3 Å². The summed E-state index contributed by atoms with van der Waals surface area (Å²) >= 11 is 0. The molecule has 1 saturated heterocycles. The molecule has 0 spiro atoms. The van der Waals surface area contributed by atoms with Gasteiger partial charge in [-0.2, -0.15) is 4.98 Å². The number of aliphatic imine (C=N–C) groups is 1. The number of carbonyl (C=O) groups is 2. The summed E-state index contributed by atoms with van der Waals surface area (Å²) in [6.07, 6.45) is 2.68. The molecule has 0 aliphatic carbocycles. The van der Waals surface area contributed by atoms with Gasteiger partial charge in [0.15, 0.2) is 11.6 Å². The molecule has 0 bridgehead atoms. The first-order valence-corrected chi connectivity index (χ1v) is 10.4. The summed E-state index contributed by atoms with van der Waals surface area (Å²) in [7, 11) is 3.49. The Bertz CT molecular complexity index is 1010. The zero-order chi connectivity index (χ0) is 22.5. The van der Waals surface area contributed by atoms with Crippen LogP contribution in [-0.4, -0.2) is 67.4 Å². The first-order chi connectivity index (χ1) is 14.8. The fraction of sp³-hybridized carbons (Fsp3) is 0.500. The van der Waals surface area contributed by atoms with Crippen LogP contribution in [0.25, 0.3) is 10.9 Å². The molecule has 1 fully saturated rings. The molecule has 1 unspecified atom stereocenters. The Kier molecular flexibility index (Phi) is 7.17. The van der Waals surface area contributed by atoms with Crippen LogP contribution in [0.2, 0.25) is 0 Å². The van der Waals surface area contributed by atoms with E-state index in [1.165, 1.54) is 13.8 Å². The summed E-state index contributed by atoms with van der Waals surface area (Å²) in [4.78, 5) is 39.3. The number of fused-ring (bicyclic) bond motifs is 1. The predicted molar refractivity (Wildman–Crippen MR) is 120 cm³/mol. The number of hydrogen-bond acceptors (Lipinski definition) is 9. The van der Waals surface area contributed by atoms with E-state index >= 15 is 0 Å². The number of benzene rings is 1. The molecule has 0 radical (unpaired) electrons. The van der Waals surface area contributed by atoms with E-state index < -0.39 is 0 Å². The number of nitrogen functional groups attached to an aromatic ring is 1. The van der Waals surface area contributed by atoms with Crippen molar-refractivity contribution in [3.05, 3.63) is 23.3 Å². The Morgan fingerprint density at radius 2 is 1.97 bits per heavy atom. The van der Waals surface area contributed by atoms with Crippen LogP contribution in [0.3, 0.4) is 0 Å². The number of carbonyl (C=O) groups excluding carboxylic acids is 2. The minimum absolute atomic E-state index is 0.0401. The van der Waals surface area contributed by atoms with Gasteiger partial charge in [0.05, 0.1) is 12.6 Å². The van der Waals surface area contributed by atoms with E-state index in [0.29, 0.717) is 47.0 Å². The summed E-state index contributed by atoms with van der Waals surface area (Å²) in [5.74, 6) is 0.959. The fourth-order valence-electron chi connectivity index (χ4n) is 3.61. The maximum absolute atomic E-state index is 12.0. The lowest BCUT2D eigenvalue weighted by Crippen LogP contribution is -2.24. The number of nitrogens with zero attached hydrogens (tertiary/aromatic N) is 4. The van der Waals surface area contributed by atoms with Crippen molar-refractivity contribution < 1.29 is 19.1 Å². The number of rotatable bonds is 8.